The van der Waals surface area contributed by atoms with Gasteiger partial charge in [-0.15, -0.1) is 0 Å². The van der Waals surface area contributed by atoms with Gasteiger partial charge in [-0.1, -0.05) is 19.8 Å². The summed E-state index contributed by atoms with van der Waals surface area (Å²) < 4.78 is 0. The molecular formula is C13H18N2O2. The molecule has 1 aliphatic rings. The maximum Gasteiger partial charge on any atom is 0.335 e. The highest BCUT2D eigenvalue weighted by atomic mass is 16.4. The Labute approximate surface area is 101 Å². The number of nitrogens with zero attached hydrogens (tertiary/aromatic N) is 1. The average molecular weight is 234 g/mol. The second-order valence-corrected chi connectivity index (χ2v) is 5.11. The summed E-state index contributed by atoms with van der Waals surface area (Å²) in [4.78, 5) is 15.0. The zero-order valence-electron chi connectivity index (χ0n) is 10.1. The van der Waals surface area contributed by atoms with Crippen LogP contribution in [-0.4, -0.2) is 22.6 Å². The number of aromatic carboxylic acids is 1. The summed E-state index contributed by atoms with van der Waals surface area (Å²) in [6, 6.07) is 3.09. The molecule has 1 heterocycles. The first-order valence-corrected chi connectivity index (χ1v) is 6.02. The van der Waals surface area contributed by atoms with Crippen molar-refractivity contribution in [2.24, 2.45) is 5.41 Å². The molecule has 0 aliphatic heterocycles. The van der Waals surface area contributed by atoms with Crippen LogP contribution in [0.15, 0.2) is 18.3 Å². The van der Waals surface area contributed by atoms with Gasteiger partial charge in [-0.2, -0.15) is 0 Å². The second kappa shape index (κ2) is 4.73. The third-order valence-corrected chi connectivity index (χ3v) is 3.51. The first-order valence-electron chi connectivity index (χ1n) is 6.02. The number of rotatable bonds is 4. The summed E-state index contributed by atoms with van der Waals surface area (Å²) in [5, 5.41) is 12.1. The molecule has 17 heavy (non-hydrogen) atoms. The number of carboxylic acid groups (broad SMARTS) is 1. The van der Waals surface area contributed by atoms with E-state index in [-0.39, 0.29) is 5.56 Å². The lowest BCUT2D eigenvalue weighted by molar-refractivity contribution is 0.0697. The van der Waals surface area contributed by atoms with E-state index in [1.165, 1.54) is 37.9 Å². The van der Waals surface area contributed by atoms with Crippen molar-refractivity contribution in [3.63, 3.8) is 0 Å². The van der Waals surface area contributed by atoms with E-state index in [4.69, 9.17) is 5.11 Å². The highest BCUT2D eigenvalue weighted by Crippen LogP contribution is 2.37. The molecule has 0 bridgehead atoms. The number of nitrogens with one attached hydrogen (secondary N) is 1. The molecule has 0 unspecified atom stereocenters. The van der Waals surface area contributed by atoms with Crippen LogP contribution in [0.3, 0.4) is 0 Å². The van der Waals surface area contributed by atoms with Crippen molar-refractivity contribution < 1.29 is 9.90 Å². The largest absolute Gasteiger partial charge is 0.478 e. The van der Waals surface area contributed by atoms with Gasteiger partial charge in [0.25, 0.3) is 0 Å². The van der Waals surface area contributed by atoms with Gasteiger partial charge in [-0.05, 0) is 30.4 Å². The van der Waals surface area contributed by atoms with Crippen molar-refractivity contribution in [1.29, 1.82) is 0 Å². The fourth-order valence-electron chi connectivity index (χ4n) is 2.37. The van der Waals surface area contributed by atoms with Crippen LogP contribution >= 0.6 is 0 Å². The van der Waals surface area contributed by atoms with Crippen molar-refractivity contribution in [2.75, 3.05) is 11.9 Å². The Kier molecular flexibility index (Phi) is 3.31. The number of carboxylic acids is 1. The Bertz CT molecular complexity index is 412. The molecule has 1 saturated carbocycles. The van der Waals surface area contributed by atoms with E-state index in [0.717, 1.165) is 6.54 Å². The number of anilines is 1. The Hall–Kier alpha value is -1.58. The fourth-order valence-corrected chi connectivity index (χ4v) is 2.37. The average Bonchev–Trinajstić information content (AvgIpc) is 2.75. The molecule has 1 aliphatic carbocycles. The minimum Gasteiger partial charge on any atom is -0.478 e. The van der Waals surface area contributed by atoms with Gasteiger partial charge in [0.2, 0.25) is 0 Å². The first-order chi connectivity index (χ1) is 8.09. The van der Waals surface area contributed by atoms with Crippen LogP contribution in [-0.2, 0) is 0 Å². The molecular weight excluding hydrogens is 216 g/mol. The number of hydrogen-bond donors (Lipinski definition) is 2. The van der Waals surface area contributed by atoms with Crippen LogP contribution in [0, 0.1) is 5.41 Å². The molecule has 0 saturated heterocycles. The van der Waals surface area contributed by atoms with Crippen LogP contribution < -0.4 is 5.32 Å². The van der Waals surface area contributed by atoms with Gasteiger partial charge in [-0.3, -0.25) is 0 Å². The van der Waals surface area contributed by atoms with Crippen LogP contribution in [0.4, 0.5) is 5.82 Å². The van der Waals surface area contributed by atoms with E-state index in [1.807, 2.05) is 0 Å². The maximum absolute atomic E-state index is 10.8. The van der Waals surface area contributed by atoms with Crippen molar-refractivity contribution in [1.82, 2.24) is 4.98 Å². The SMILES string of the molecule is CC1(CNc2cc(C(=O)O)ccn2)CCCC1. The second-order valence-electron chi connectivity index (χ2n) is 5.11. The predicted molar refractivity (Wildman–Crippen MR) is 66.3 cm³/mol. The van der Waals surface area contributed by atoms with E-state index in [9.17, 15) is 4.79 Å². The van der Waals surface area contributed by atoms with Crippen molar-refractivity contribution >= 4 is 11.8 Å². The summed E-state index contributed by atoms with van der Waals surface area (Å²) >= 11 is 0. The molecule has 0 amide bonds. The van der Waals surface area contributed by atoms with Crippen LogP contribution in [0.2, 0.25) is 0 Å². The van der Waals surface area contributed by atoms with Gasteiger partial charge in [0.1, 0.15) is 5.82 Å². The Morgan fingerprint density at radius 2 is 2.24 bits per heavy atom. The number of pyridine rings is 1. The van der Waals surface area contributed by atoms with Crippen molar-refractivity contribution in [3.8, 4) is 0 Å². The van der Waals surface area contributed by atoms with E-state index in [2.05, 4.69) is 17.2 Å². The predicted octanol–water partition coefficient (Wildman–Crippen LogP) is 2.77. The molecule has 1 aromatic heterocycles. The Morgan fingerprint density at radius 1 is 1.53 bits per heavy atom. The third kappa shape index (κ3) is 2.96. The van der Waals surface area contributed by atoms with Gasteiger partial charge in [0, 0.05) is 12.7 Å². The highest BCUT2D eigenvalue weighted by molar-refractivity contribution is 5.88. The molecule has 4 nitrogen and oxygen atoms in total. The molecule has 0 spiro atoms. The molecule has 4 heteroatoms. The fraction of sp³-hybridized carbons (Fsp3) is 0.538. The summed E-state index contributed by atoms with van der Waals surface area (Å²) in [7, 11) is 0. The molecule has 1 aromatic rings. The minimum atomic E-state index is -0.914. The molecule has 0 radical (unpaired) electrons. The van der Waals surface area contributed by atoms with E-state index in [0.29, 0.717) is 11.2 Å². The number of aromatic nitrogens is 1. The third-order valence-electron chi connectivity index (χ3n) is 3.51. The number of hydrogen-bond acceptors (Lipinski definition) is 3. The smallest absolute Gasteiger partial charge is 0.335 e. The van der Waals surface area contributed by atoms with Crippen LogP contribution in [0.5, 0.6) is 0 Å². The van der Waals surface area contributed by atoms with E-state index >= 15 is 0 Å². The van der Waals surface area contributed by atoms with Crippen LogP contribution in [0.25, 0.3) is 0 Å². The summed E-state index contributed by atoms with van der Waals surface area (Å²) in [6.45, 7) is 3.14. The van der Waals surface area contributed by atoms with Gasteiger partial charge >= 0.3 is 5.97 Å². The number of carbonyl (C=O) groups is 1. The van der Waals surface area contributed by atoms with Gasteiger partial charge < -0.3 is 10.4 Å². The molecule has 0 atom stereocenters. The van der Waals surface area contributed by atoms with Crippen molar-refractivity contribution in [2.45, 2.75) is 32.6 Å². The first kappa shape index (κ1) is 11.9. The normalized spacial score (nSPS) is 17.9. The molecule has 2 rings (SSSR count). The summed E-state index contributed by atoms with van der Waals surface area (Å²) in [5.74, 6) is -0.263. The maximum atomic E-state index is 10.8. The van der Waals surface area contributed by atoms with Gasteiger partial charge in [-0.25, -0.2) is 9.78 Å². The van der Waals surface area contributed by atoms with Gasteiger partial charge in [0.05, 0.1) is 5.56 Å². The van der Waals surface area contributed by atoms with Crippen LogP contribution in [0.1, 0.15) is 43.0 Å². The summed E-state index contributed by atoms with van der Waals surface area (Å²) in [6.07, 6.45) is 6.58. The molecule has 0 aromatic carbocycles. The zero-order valence-corrected chi connectivity index (χ0v) is 10.1. The quantitative estimate of drug-likeness (QED) is 0.840. The summed E-state index contributed by atoms with van der Waals surface area (Å²) in [5.41, 5.74) is 0.611. The Morgan fingerprint density at radius 3 is 2.88 bits per heavy atom. The molecule has 2 N–H and O–H groups in total. The minimum absolute atomic E-state index is 0.277. The lowest BCUT2D eigenvalue weighted by atomic mass is 9.89. The standard InChI is InChI=1S/C13H18N2O2/c1-13(5-2-3-6-13)9-15-11-8-10(12(16)17)4-7-14-11/h4,7-8H,2-3,5-6,9H2,1H3,(H,14,15)(H,16,17). The Balaban J connectivity index is 1.99. The highest BCUT2D eigenvalue weighted by Gasteiger charge is 2.28. The van der Waals surface area contributed by atoms with Crippen molar-refractivity contribution in [3.05, 3.63) is 23.9 Å². The van der Waals surface area contributed by atoms with Gasteiger partial charge in [0.15, 0.2) is 0 Å². The van der Waals surface area contributed by atoms with E-state index in [1.54, 1.807) is 6.07 Å². The molecule has 1 fully saturated rings. The van der Waals surface area contributed by atoms with E-state index < -0.39 is 5.97 Å². The lowest BCUT2D eigenvalue weighted by Crippen LogP contribution is -2.23. The molecule has 92 valence electrons. The monoisotopic (exact) mass is 234 g/mol. The zero-order chi connectivity index (χ0) is 12.3. The topological polar surface area (TPSA) is 62.2 Å². The lowest BCUT2D eigenvalue weighted by Gasteiger charge is -2.24.